The van der Waals surface area contributed by atoms with Gasteiger partial charge in [0.15, 0.2) is 5.13 Å². The molecule has 3 aromatic rings. The largest absolute Gasteiger partial charge is 0.375 e. The minimum absolute atomic E-state index is 0.635. The van der Waals surface area contributed by atoms with E-state index in [1.807, 2.05) is 6.20 Å². The third-order valence-electron chi connectivity index (χ3n) is 2.75. The van der Waals surface area contributed by atoms with Crippen molar-refractivity contribution in [2.45, 2.75) is 9.96 Å². The molecule has 0 saturated heterocycles. The summed E-state index contributed by atoms with van der Waals surface area (Å²) < 4.78 is 1.17. The van der Waals surface area contributed by atoms with E-state index < -0.39 is 0 Å². The maximum Gasteiger partial charge on any atom is 0.181 e. The van der Waals surface area contributed by atoms with Crippen LogP contribution < -0.4 is 5.73 Å². The van der Waals surface area contributed by atoms with Crippen LogP contribution in [-0.2, 0) is 5.75 Å². The average Bonchev–Trinajstić information content (AvgIpc) is 2.82. The summed E-state index contributed by atoms with van der Waals surface area (Å²) in [6, 6.07) is 14.9. The predicted octanol–water partition coefficient (Wildman–Crippen LogP) is 4.17. The Bertz CT molecular complexity index is 671. The van der Waals surface area contributed by atoms with Crippen molar-refractivity contribution >= 4 is 39.0 Å². The van der Waals surface area contributed by atoms with Gasteiger partial charge in [0.05, 0.1) is 10.4 Å². The predicted molar refractivity (Wildman–Crippen MR) is 80.0 cm³/mol. The van der Waals surface area contributed by atoms with Gasteiger partial charge in [0.25, 0.3) is 0 Å². The van der Waals surface area contributed by atoms with Crippen LogP contribution in [0.2, 0.25) is 0 Å². The zero-order valence-corrected chi connectivity index (χ0v) is 11.3. The summed E-state index contributed by atoms with van der Waals surface area (Å²) in [6.45, 7) is 0. The summed E-state index contributed by atoms with van der Waals surface area (Å²) >= 11 is 3.33. The first kappa shape index (κ1) is 11.6. The van der Waals surface area contributed by atoms with Gasteiger partial charge in [-0.2, -0.15) is 0 Å². The minimum atomic E-state index is 0.635. The van der Waals surface area contributed by atoms with Gasteiger partial charge in [0, 0.05) is 5.75 Å². The number of hydrogen-bond donors (Lipinski definition) is 1. The van der Waals surface area contributed by atoms with Crippen LogP contribution >= 0.6 is 23.1 Å². The van der Waals surface area contributed by atoms with Crippen LogP contribution in [0.1, 0.15) is 5.56 Å². The second-order valence-electron chi connectivity index (χ2n) is 3.94. The Balaban J connectivity index is 1.86. The first-order valence-electron chi connectivity index (χ1n) is 5.64. The molecule has 0 saturated carbocycles. The zero-order chi connectivity index (χ0) is 12.4. The molecule has 0 radical (unpaired) electrons. The summed E-state index contributed by atoms with van der Waals surface area (Å²) in [6.07, 6.45) is 1.84. The molecule has 1 aromatic heterocycles. The fourth-order valence-electron chi connectivity index (χ4n) is 1.91. The molecule has 0 bridgehead atoms. The van der Waals surface area contributed by atoms with E-state index >= 15 is 0 Å². The van der Waals surface area contributed by atoms with E-state index in [1.165, 1.54) is 20.5 Å². The SMILES string of the molecule is Nc1ncc(SCc2cccc3ccccc23)s1. The smallest absolute Gasteiger partial charge is 0.181 e. The van der Waals surface area contributed by atoms with E-state index in [4.69, 9.17) is 5.73 Å². The number of thiazole rings is 1. The lowest BCUT2D eigenvalue weighted by molar-refractivity contribution is 1.37. The first-order chi connectivity index (χ1) is 8.83. The van der Waals surface area contributed by atoms with Gasteiger partial charge in [0.1, 0.15) is 0 Å². The van der Waals surface area contributed by atoms with Crippen LogP contribution in [-0.4, -0.2) is 4.98 Å². The van der Waals surface area contributed by atoms with E-state index in [0.29, 0.717) is 5.13 Å². The van der Waals surface area contributed by atoms with Gasteiger partial charge in [-0.25, -0.2) is 4.98 Å². The molecule has 2 N–H and O–H groups in total. The van der Waals surface area contributed by atoms with Gasteiger partial charge in [0.2, 0.25) is 0 Å². The molecule has 0 fully saturated rings. The minimum Gasteiger partial charge on any atom is -0.375 e. The van der Waals surface area contributed by atoms with Crippen LogP contribution in [0.4, 0.5) is 5.13 Å². The van der Waals surface area contributed by atoms with Crippen LogP contribution in [0, 0.1) is 0 Å². The molecule has 18 heavy (non-hydrogen) atoms. The third-order valence-corrected chi connectivity index (χ3v) is 4.82. The summed E-state index contributed by atoms with van der Waals surface area (Å²) in [5, 5.41) is 3.25. The van der Waals surface area contributed by atoms with Crippen LogP contribution in [0.3, 0.4) is 0 Å². The summed E-state index contributed by atoms with van der Waals surface area (Å²) in [5.74, 6) is 0.947. The van der Waals surface area contributed by atoms with Gasteiger partial charge in [-0.1, -0.05) is 53.8 Å². The number of nitrogens with two attached hydrogens (primary N) is 1. The van der Waals surface area contributed by atoms with Crippen molar-refractivity contribution < 1.29 is 0 Å². The van der Waals surface area contributed by atoms with E-state index in [-0.39, 0.29) is 0 Å². The van der Waals surface area contributed by atoms with E-state index in [1.54, 1.807) is 23.1 Å². The van der Waals surface area contributed by atoms with Gasteiger partial charge in [-0.3, -0.25) is 0 Å². The van der Waals surface area contributed by atoms with Gasteiger partial charge >= 0.3 is 0 Å². The number of thioether (sulfide) groups is 1. The second-order valence-corrected chi connectivity index (χ2v) is 6.28. The third kappa shape index (κ3) is 2.35. The molecule has 4 heteroatoms. The van der Waals surface area contributed by atoms with Crippen molar-refractivity contribution in [2.24, 2.45) is 0 Å². The molecule has 0 spiro atoms. The van der Waals surface area contributed by atoms with Crippen molar-refractivity contribution in [3.05, 3.63) is 54.2 Å². The Hall–Kier alpha value is -1.52. The highest BCUT2D eigenvalue weighted by Crippen LogP contribution is 2.31. The fourth-order valence-corrected chi connectivity index (χ4v) is 3.67. The second kappa shape index (κ2) is 5.00. The Morgan fingerprint density at radius 2 is 1.94 bits per heavy atom. The molecule has 2 aromatic carbocycles. The summed E-state index contributed by atoms with van der Waals surface area (Å²) in [5.41, 5.74) is 6.98. The lowest BCUT2D eigenvalue weighted by Crippen LogP contribution is -1.82. The molecule has 0 aliphatic rings. The zero-order valence-electron chi connectivity index (χ0n) is 9.67. The van der Waals surface area contributed by atoms with Crippen LogP contribution in [0.5, 0.6) is 0 Å². The number of benzene rings is 2. The summed E-state index contributed by atoms with van der Waals surface area (Å²) in [7, 11) is 0. The number of hydrogen-bond acceptors (Lipinski definition) is 4. The van der Waals surface area contributed by atoms with Gasteiger partial charge in [-0.15, -0.1) is 11.8 Å². The highest BCUT2D eigenvalue weighted by Gasteiger charge is 2.03. The van der Waals surface area contributed by atoms with Crippen molar-refractivity contribution in [3.8, 4) is 0 Å². The molecular weight excluding hydrogens is 260 g/mol. The molecular formula is C14H12N2S2. The topological polar surface area (TPSA) is 38.9 Å². The van der Waals surface area contributed by atoms with Crippen molar-refractivity contribution in [2.75, 3.05) is 5.73 Å². The quantitative estimate of drug-likeness (QED) is 0.727. The molecule has 1 heterocycles. The summed E-state index contributed by atoms with van der Waals surface area (Å²) in [4.78, 5) is 4.07. The van der Waals surface area contributed by atoms with Gasteiger partial charge < -0.3 is 5.73 Å². The van der Waals surface area contributed by atoms with Crippen molar-refractivity contribution in [3.63, 3.8) is 0 Å². The lowest BCUT2D eigenvalue weighted by atomic mass is 10.1. The average molecular weight is 272 g/mol. The molecule has 0 amide bonds. The Labute approximate surface area is 114 Å². The highest BCUT2D eigenvalue weighted by atomic mass is 32.2. The van der Waals surface area contributed by atoms with Crippen LogP contribution in [0.25, 0.3) is 10.8 Å². The fraction of sp³-hybridized carbons (Fsp3) is 0.0714. The molecule has 0 unspecified atom stereocenters. The first-order valence-corrected chi connectivity index (χ1v) is 7.44. The number of fused-ring (bicyclic) bond motifs is 1. The molecule has 0 aliphatic heterocycles. The van der Waals surface area contributed by atoms with Crippen molar-refractivity contribution in [1.29, 1.82) is 0 Å². The maximum absolute atomic E-state index is 5.63. The molecule has 3 rings (SSSR count). The molecule has 0 aliphatic carbocycles. The standard InChI is InChI=1S/C14H12N2S2/c15-14-16-8-13(18-14)17-9-11-6-3-5-10-4-1-2-7-12(10)11/h1-8H,9H2,(H2,15,16). The van der Waals surface area contributed by atoms with E-state index in [9.17, 15) is 0 Å². The van der Waals surface area contributed by atoms with Crippen molar-refractivity contribution in [1.82, 2.24) is 4.98 Å². The molecule has 2 nitrogen and oxygen atoms in total. The lowest BCUT2D eigenvalue weighted by Gasteiger charge is -2.05. The normalized spacial score (nSPS) is 10.9. The number of aromatic nitrogens is 1. The number of anilines is 1. The van der Waals surface area contributed by atoms with Gasteiger partial charge in [-0.05, 0) is 16.3 Å². The number of nitrogen functional groups attached to an aromatic ring is 1. The van der Waals surface area contributed by atoms with Crippen LogP contribution in [0.15, 0.2) is 52.9 Å². The monoisotopic (exact) mass is 272 g/mol. The Morgan fingerprint density at radius 3 is 2.78 bits per heavy atom. The maximum atomic E-state index is 5.63. The molecule has 0 atom stereocenters. The van der Waals surface area contributed by atoms with E-state index in [0.717, 1.165) is 5.75 Å². The number of nitrogens with zero attached hydrogens (tertiary/aromatic N) is 1. The van der Waals surface area contributed by atoms with E-state index in [2.05, 4.69) is 47.4 Å². The number of rotatable bonds is 3. The Kier molecular flexibility index (Phi) is 3.21. The Morgan fingerprint density at radius 1 is 1.11 bits per heavy atom. The molecule has 90 valence electrons. The highest BCUT2D eigenvalue weighted by molar-refractivity contribution is 8.00.